The van der Waals surface area contributed by atoms with Crippen molar-refractivity contribution in [3.63, 3.8) is 0 Å². The van der Waals surface area contributed by atoms with Crippen molar-refractivity contribution in [2.45, 2.75) is 0 Å². The number of hydrogen-bond acceptors (Lipinski definition) is 2. The average molecular weight is 327 g/mol. The van der Waals surface area contributed by atoms with Crippen LogP contribution < -0.4 is 10.2 Å². The number of fused-ring (bicyclic) bond motifs is 1. The molecule has 0 aliphatic carbocycles. The zero-order valence-corrected chi connectivity index (χ0v) is 13.8. The lowest BCUT2D eigenvalue weighted by Gasteiger charge is -2.11. The zero-order valence-electron chi connectivity index (χ0n) is 13.8. The maximum absolute atomic E-state index is 12.5. The highest BCUT2D eigenvalue weighted by molar-refractivity contribution is 5.86. The fourth-order valence-corrected chi connectivity index (χ4v) is 3.08. The van der Waals surface area contributed by atoms with Crippen molar-refractivity contribution in [1.82, 2.24) is 4.98 Å². The van der Waals surface area contributed by atoms with E-state index in [9.17, 15) is 4.79 Å². The molecule has 25 heavy (non-hydrogen) atoms. The number of hydrogen-bond donors (Lipinski definition) is 1. The SMILES string of the molecule is COc1ccc(-c2ccccc2-c2cc(=O)c3ccccc3[nH]2)cc1. The number of ether oxygens (including phenoxy) is 1. The molecule has 0 unspecified atom stereocenters. The number of nitrogens with one attached hydrogen (secondary N) is 1. The second-order valence-electron chi connectivity index (χ2n) is 5.87. The van der Waals surface area contributed by atoms with E-state index in [0.29, 0.717) is 5.39 Å². The Morgan fingerprint density at radius 2 is 1.48 bits per heavy atom. The summed E-state index contributed by atoms with van der Waals surface area (Å²) in [5, 5.41) is 0.702. The van der Waals surface area contributed by atoms with Crippen LogP contribution in [0.4, 0.5) is 0 Å². The van der Waals surface area contributed by atoms with E-state index in [2.05, 4.69) is 11.1 Å². The first-order valence-electron chi connectivity index (χ1n) is 8.12. The van der Waals surface area contributed by atoms with Crippen LogP contribution in [0.15, 0.2) is 83.7 Å². The maximum Gasteiger partial charge on any atom is 0.190 e. The molecule has 3 aromatic carbocycles. The Kier molecular flexibility index (Phi) is 3.82. The molecule has 1 aromatic heterocycles. The molecule has 122 valence electrons. The van der Waals surface area contributed by atoms with Gasteiger partial charge in [0.1, 0.15) is 5.75 Å². The van der Waals surface area contributed by atoms with Crippen LogP contribution in [0, 0.1) is 0 Å². The van der Waals surface area contributed by atoms with Crippen molar-refractivity contribution in [3.05, 3.63) is 89.1 Å². The van der Waals surface area contributed by atoms with Gasteiger partial charge < -0.3 is 9.72 Å². The van der Waals surface area contributed by atoms with Crippen molar-refractivity contribution in [2.75, 3.05) is 7.11 Å². The zero-order chi connectivity index (χ0) is 17.2. The number of benzene rings is 3. The molecule has 0 atom stereocenters. The van der Waals surface area contributed by atoms with E-state index in [1.807, 2.05) is 66.7 Å². The molecular formula is C22H17NO2. The fraction of sp³-hybridized carbons (Fsp3) is 0.0455. The maximum atomic E-state index is 12.5. The van der Waals surface area contributed by atoms with Crippen LogP contribution in [0.1, 0.15) is 0 Å². The Morgan fingerprint density at radius 1 is 0.800 bits per heavy atom. The van der Waals surface area contributed by atoms with Gasteiger partial charge in [-0.2, -0.15) is 0 Å². The standard InChI is InChI=1S/C22H17NO2/c1-25-16-12-10-15(11-13-16)17-6-2-3-7-18(17)21-14-22(24)19-8-4-5-9-20(19)23-21/h2-14H,1H3,(H,23,24). The van der Waals surface area contributed by atoms with Crippen LogP contribution in [0.2, 0.25) is 0 Å². The van der Waals surface area contributed by atoms with E-state index in [1.165, 1.54) is 0 Å². The molecule has 0 spiro atoms. The van der Waals surface area contributed by atoms with Crippen LogP contribution in [0.3, 0.4) is 0 Å². The highest BCUT2D eigenvalue weighted by atomic mass is 16.5. The van der Waals surface area contributed by atoms with Gasteiger partial charge in [-0.15, -0.1) is 0 Å². The van der Waals surface area contributed by atoms with E-state index in [0.717, 1.165) is 33.7 Å². The van der Waals surface area contributed by atoms with Gasteiger partial charge >= 0.3 is 0 Å². The molecule has 0 aliphatic heterocycles. The highest BCUT2D eigenvalue weighted by Gasteiger charge is 2.10. The van der Waals surface area contributed by atoms with Gasteiger partial charge in [0, 0.05) is 22.5 Å². The Labute approximate surface area is 145 Å². The first kappa shape index (κ1) is 15.2. The summed E-state index contributed by atoms with van der Waals surface area (Å²) >= 11 is 0. The van der Waals surface area contributed by atoms with Crippen LogP contribution in [0.5, 0.6) is 5.75 Å². The van der Waals surface area contributed by atoms with Gasteiger partial charge in [0.2, 0.25) is 0 Å². The first-order valence-corrected chi connectivity index (χ1v) is 8.12. The summed E-state index contributed by atoms with van der Waals surface area (Å²) in [4.78, 5) is 15.9. The number of para-hydroxylation sites is 1. The normalized spacial score (nSPS) is 10.8. The van der Waals surface area contributed by atoms with Crippen molar-refractivity contribution >= 4 is 10.9 Å². The molecule has 0 bridgehead atoms. The Bertz CT molecular complexity index is 1090. The lowest BCUT2D eigenvalue weighted by atomic mass is 9.97. The van der Waals surface area contributed by atoms with E-state index in [-0.39, 0.29) is 5.43 Å². The van der Waals surface area contributed by atoms with Gasteiger partial charge in [0.15, 0.2) is 5.43 Å². The number of aromatic nitrogens is 1. The number of rotatable bonds is 3. The van der Waals surface area contributed by atoms with Crippen LogP contribution in [-0.2, 0) is 0 Å². The molecule has 4 aromatic rings. The van der Waals surface area contributed by atoms with Crippen molar-refractivity contribution in [3.8, 4) is 28.1 Å². The molecule has 4 rings (SSSR count). The van der Waals surface area contributed by atoms with E-state index in [4.69, 9.17) is 4.74 Å². The van der Waals surface area contributed by atoms with Gasteiger partial charge in [-0.05, 0) is 35.4 Å². The topological polar surface area (TPSA) is 42.1 Å². The minimum absolute atomic E-state index is 0.0221. The largest absolute Gasteiger partial charge is 0.497 e. The number of H-pyrrole nitrogens is 1. The molecule has 0 radical (unpaired) electrons. The van der Waals surface area contributed by atoms with Gasteiger partial charge in [0.25, 0.3) is 0 Å². The summed E-state index contributed by atoms with van der Waals surface area (Å²) in [5.74, 6) is 0.820. The number of aromatic amines is 1. The summed E-state index contributed by atoms with van der Waals surface area (Å²) in [6.07, 6.45) is 0. The molecule has 3 nitrogen and oxygen atoms in total. The van der Waals surface area contributed by atoms with E-state index >= 15 is 0 Å². The predicted molar refractivity (Wildman–Crippen MR) is 102 cm³/mol. The van der Waals surface area contributed by atoms with Crippen LogP contribution >= 0.6 is 0 Å². The molecule has 1 N–H and O–H groups in total. The van der Waals surface area contributed by atoms with Gasteiger partial charge in [-0.25, -0.2) is 0 Å². The summed E-state index contributed by atoms with van der Waals surface area (Å²) in [5.41, 5.74) is 4.82. The van der Waals surface area contributed by atoms with Crippen molar-refractivity contribution < 1.29 is 4.74 Å². The smallest absolute Gasteiger partial charge is 0.190 e. The lowest BCUT2D eigenvalue weighted by Crippen LogP contribution is -2.03. The van der Waals surface area contributed by atoms with E-state index in [1.54, 1.807) is 13.2 Å². The van der Waals surface area contributed by atoms with Crippen LogP contribution in [-0.4, -0.2) is 12.1 Å². The predicted octanol–water partition coefficient (Wildman–Crippen LogP) is 4.87. The Morgan fingerprint density at radius 3 is 2.24 bits per heavy atom. The number of methoxy groups -OCH3 is 1. The third-order valence-electron chi connectivity index (χ3n) is 4.36. The van der Waals surface area contributed by atoms with Crippen molar-refractivity contribution in [1.29, 1.82) is 0 Å². The Balaban J connectivity index is 1.90. The highest BCUT2D eigenvalue weighted by Crippen LogP contribution is 2.32. The average Bonchev–Trinajstić information content (AvgIpc) is 2.68. The van der Waals surface area contributed by atoms with Gasteiger partial charge in [0.05, 0.1) is 12.8 Å². The molecule has 0 saturated carbocycles. The second kappa shape index (κ2) is 6.29. The van der Waals surface area contributed by atoms with E-state index < -0.39 is 0 Å². The summed E-state index contributed by atoms with van der Waals surface area (Å²) < 4.78 is 5.24. The summed E-state index contributed by atoms with van der Waals surface area (Å²) in [6.45, 7) is 0. The van der Waals surface area contributed by atoms with Gasteiger partial charge in [-0.3, -0.25) is 4.79 Å². The third-order valence-corrected chi connectivity index (χ3v) is 4.36. The summed E-state index contributed by atoms with van der Waals surface area (Å²) in [7, 11) is 1.66. The van der Waals surface area contributed by atoms with Gasteiger partial charge in [-0.1, -0.05) is 48.5 Å². The minimum atomic E-state index is 0.0221. The fourth-order valence-electron chi connectivity index (χ4n) is 3.08. The molecule has 0 saturated heterocycles. The van der Waals surface area contributed by atoms with Crippen molar-refractivity contribution in [2.24, 2.45) is 0 Å². The monoisotopic (exact) mass is 327 g/mol. The minimum Gasteiger partial charge on any atom is -0.497 e. The summed E-state index contributed by atoms with van der Waals surface area (Å²) in [6, 6.07) is 25.2. The first-order chi connectivity index (χ1) is 12.3. The molecule has 0 amide bonds. The third kappa shape index (κ3) is 2.81. The number of pyridine rings is 1. The molecule has 0 aliphatic rings. The quantitative estimate of drug-likeness (QED) is 0.583. The molecule has 0 fully saturated rings. The second-order valence-corrected chi connectivity index (χ2v) is 5.87. The lowest BCUT2D eigenvalue weighted by molar-refractivity contribution is 0.415. The molecule has 1 heterocycles. The van der Waals surface area contributed by atoms with Crippen LogP contribution in [0.25, 0.3) is 33.3 Å². The molecular weight excluding hydrogens is 310 g/mol. The molecule has 3 heteroatoms. The Hall–Kier alpha value is -3.33.